The predicted molar refractivity (Wildman–Crippen MR) is 117 cm³/mol. The molecule has 2 atom stereocenters. The monoisotopic (exact) mass is 451 g/mol. The molecule has 4 bridgehead atoms. The Bertz CT molecular complexity index is 1300. The van der Waals surface area contributed by atoms with Gasteiger partial charge in [-0.25, -0.2) is 14.8 Å². The fourth-order valence-electron chi connectivity index (χ4n) is 6.60. The van der Waals surface area contributed by atoms with Crippen LogP contribution in [0.2, 0.25) is 0 Å². The van der Waals surface area contributed by atoms with Crippen LogP contribution in [0.1, 0.15) is 51.3 Å². The Hall–Kier alpha value is -3.43. The second-order valence-electron chi connectivity index (χ2n) is 9.61. The molecule has 0 amide bonds. The van der Waals surface area contributed by atoms with Crippen molar-refractivity contribution in [2.75, 3.05) is 0 Å². The Morgan fingerprint density at radius 1 is 1.27 bits per heavy atom. The number of ether oxygens (including phenoxy) is 2. The number of carboxylic acid groups (broad SMARTS) is 1. The Labute approximate surface area is 189 Å². The number of aromatic amines is 1. The summed E-state index contributed by atoms with van der Waals surface area (Å²) in [6, 6.07) is 3.13. The van der Waals surface area contributed by atoms with Crippen LogP contribution in [-0.2, 0) is 12.0 Å². The predicted octanol–water partition coefficient (Wildman–Crippen LogP) is 3.85. The van der Waals surface area contributed by atoms with Crippen LogP contribution >= 0.6 is 0 Å². The molecule has 4 aliphatic rings. The molecule has 0 aliphatic heterocycles. The summed E-state index contributed by atoms with van der Waals surface area (Å²) < 4.78 is 12.0. The highest BCUT2D eigenvalue weighted by molar-refractivity contribution is 5.70. The molecule has 3 aromatic heterocycles. The van der Waals surface area contributed by atoms with Crippen molar-refractivity contribution in [2.24, 2.45) is 17.8 Å². The largest absolute Gasteiger partial charge is 0.512 e. The molecule has 0 aromatic carbocycles. The van der Waals surface area contributed by atoms with Gasteiger partial charge in [0.2, 0.25) is 0 Å². The quantitative estimate of drug-likeness (QED) is 0.540. The van der Waals surface area contributed by atoms with E-state index in [9.17, 15) is 9.59 Å². The van der Waals surface area contributed by atoms with Crippen molar-refractivity contribution >= 4 is 17.3 Å². The molecular weight excluding hydrogens is 426 g/mol. The summed E-state index contributed by atoms with van der Waals surface area (Å²) >= 11 is 0. The number of nitrogens with one attached hydrogen (secondary N) is 1. The van der Waals surface area contributed by atoms with Gasteiger partial charge in [0.25, 0.3) is 11.4 Å². The van der Waals surface area contributed by atoms with Crippen molar-refractivity contribution in [3.05, 3.63) is 34.5 Å². The number of aromatic nitrogens is 5. The third-order valence-electron chi connectivity index (χ3n) is 7.61. The van der Waals surface area contributed by atoms with Gasteiger partial charge in [0.05, 0.1) is 0 Å². The van der Waals surface area contributed by atoms with Gasteiger partial charge in [-0.15, -0.1) is 0 Å². The van der Waals surface area contributed by atoms with E-state index in [-0.39, 0.29) is 28.6 Å². The highest BCUT2D eigenvalue weighted by atomic mass is 16.7. The van der Waals surface area contributed by atoms with Crippen molar-refractivity contribution in [3.8, 4) is 17.6 Å². The topological polar surface area (TPSA) is 132 Å². The van der Waals surface area contributed by atoms with E-state index in [4.69, 9.17) is 19.6 Å². The molecule has 10 nitrogen and oxygen atoms in total. The van der Waals surface area contributed by atoms with E-state index < -0.39 is 6.16 Å². The van der Waals surface area contributed by atoms with E-state index in [2.05, 4.69) is 15.0 Å². The summed E-state index contributed by atoms with van der Waals surface area (Å²) in [7, 11) is 0. The molecule has 4 saturated carbocycles. The number of rotatable bonds is 6. The summed E-state index contributed by atoms with van der Waals surface area (Å²) in [6.07, 6.45) is 6.66. The summed E-state index contributed by atoms with van der Waals surface area (Å²) in [4.78, 5) is 41.1. The van der Waals surface area contributed by atoms with Gasteiger partial charge in [-0.1, -0.05) is 6.92 Å². The molecular formula is C23H25N5O5. The van der Waals surface area contributed by atoms with Crippen molar-refractivity contribution in [1.82, 2.24) is 24.5 Å². The second-order valence-corrected chi connectivity index (χ2v) is 9.61. The Balaban J connectivity index is 1.44. The Morgan fingerprint density at radius 2 is 2.06 bits per heavy atom. The molecule has 7 rings (SSSR count). The number of fused-ring (bicyclic) bond motifs is 1. The van der Waals surface area contributed by atoms with Crippen molar-refractivity contribution in [2.45, 2.75) is 57.4 Å². The Morgan fingerprint density at radius 3 is 2.79 bits per heavy atom. The average Bonchev–Trinajstić information content (AvgIpc) is 3.39. The van der Waals surface area contributed by atoms with Crippen LogP contribution in [0.5, 0.6) is 17.6 Å². The highest BCUT2D eigenvalue weighted by Crippen LogP contribution is 2.65. The standard InChI is InChI=1S/C23H25N5O5/c1-2-6-28-19(29)16-17(27-21(28)32-15-4-3-5-24-18(15)33-22(30)31)26-20(25-16)23-10-12-7-13(11-23)9-14(23)8-12/h3-5,12-14H,2,6-11H2,1H3,(H,25,26)(H,30,31). The number of hydrogen-bond donors (Lipinski definition) is 2. The molecule has 0 spiro atoms. The maximum atomic E-state index is 13.4. The lowest BCUT2D eigenvalue weighted by Gasteiger charge is -2.30. The normalized spacial score (nSPS) is 27.4. The van der Waals surface area contributed by atoms with Crippen molar-refractivity contribution < 1.29 is 19.4 Å². The summed E-state index contributed by atoms with van der Waals surface area (Å²) in [5, 5.41) is 8.98. The number of nitrogens with zero attached hydrogens (tertiary/aromatic N) is 4. The molecule has 3 aromatic rings. The van der Waals surface area contributed by atoms with Crippen molar-refractivity contribution in [3.63, 3.8) is 0 Å². The summed E-state index contributed by atoms with van der Waals surface area (Å²) in [5.74, 6) is 2.87. The molecule has 0 saturated heterocycles. The molecule has 0 radical (unpaired) electrons. The van der Waals surface area contributed by atoms with E-state index in [1.54, 1.807) is 6.07 Å². The maximum Gasteiger partial charge on any atom is 0.512 e. The lowest BCUT2D eigenvalue weighted by Crippen LogP contribution is -2.29. The molecule has 4 fully saturated rings. The number of imidazole rings is 1. The fraction of sp³-hybridized carbons (Fsp3) is 0.522. The smallest absolute Gasteiger partial charge is 0.449 e. The highest BCUT2D eigenvalue weighted by Gasteiger charge is 2.59. The van der Waals surface area contributed by atoms with Gasteiger partial charge in [-0.3, -0.25) is 9.36 Å². The zero-order chi connectivity index (χ0) is 22.7. The number of H-pyrrole nitrogens is 1. The maximum absolute atomic E-state index is 13.4. The fourth-order valence-corrected chi connectivity index (χ4v) is 6.60. The molecule has 33 heavy (non-hydrogen) atoms. The van der Waals surface area contributed by atoms with Crippen LogP contribution < -0.4 is 15.0 Å². The lowest BCUT2D eigenvalue weighted by atomic mass is 9.75. The van der Waals surface area contributed by atoms with Crippen LogP contribution in [0, 0.1) is 17.8 Å². The molecule has 3 heterocycles. The van der Waals surface area contributed by atoms with Crippen LogP contribution in [0.4, 0.5) is 4.79 Å². The first-order valence-corrected chi connectivity index (χ1v) is 11.5. The van der Waals surface area contributed by atoms with Gasteiger partial charge in [-0.2, -0.15) is 4.98 Å². The van der Waals surface area contributed by atoms with Crippen LogP contribution in [0.15, 0.2) is 23.1 Å². The molecule has 2 N–H and O–H groups in total. The molecule has 4 aliphatic carbocycles. The number of carbonyl (C=O) groups is 1. The summed E-state index contributed by atoms with van der Waals surface area (Å²) in [5.41, 5.74) is 0.486. The average molecular weight is 451 g/mol. The van der Waals surface area contributed by atoms with Crippen LogP contribution in [0.3, 0.4) is 0 Å². The van der Waals surface area contributed by atoms with E-state index in [0.29, 0.717) is 30.0 Å². The van der Waals surface area contributed by atoms with E-state index in [1.807, 2.05) is 6.92 Å². The third kappa shape index (κ3) is 3.11. The molecule has 172 valence electrons. The second kappa shape index (κ2) is 7.29. The van der Waals surface area contributed by atoms with Gasteiger partial charge >= 0.3 is 12.2 Å². The minimum Gasteiger partial charge on any atom is -0.449 e. The SMILES string of the molecule is CCCn1c(Oc2cccnc2OC(=O)O)nc2nc(C34CC5CC(CC3C5)C4)[nH]c2c1=O. The minimum absolute atomic E-state index is 0.0309. The lowest BCUT2D eigenvalue weighted by molar-refractivity contribution is 0.141. The molecule has 10 heteroatoms. The zero-order valence-electron chi connectivity index (χ0n) is 18.3. The first-order valence-electron chi connectivity index (χ1n) is 11.5. The minimum atomic E-state index is -1.51. The first-order chi connectivity index (χ1) is 16.0. The van der Waals surface area contributed by atoms with Gasteiger partial charge in [0, 0.05) is 18.2 Å². The van der Waals surface area contributed by atoms with Crippen LogP contribution in [-0.4, -0.2) is 35.8 Å². The zero-order valence-corrected chi connectivity index (χ0v) is 18.3. The van der Waals surface area contributed by atoms with Crippen molar-refractivity contribution in [1.29, 1.82) is 0 Å². The Kier molecular flexibility index (Phi) is 4.46. The van der Waals surface area contributed by atoms with Gasteiger partial charge in [0.1, 0.15) is 5.82 Å². The van der Waals surface area contributed by atoms with E-state index >= 15 is 0 Å². The first kappa shape index (κ1) is 20.2. The van der Waals surface area contributed by atoms with E-state index in [1.165, 1.54) is 36.1 Å². The number of pyridine rings is 1. The van der Waals surface area contributed by atoms with Gasteiger partial charge < -0.3 is 19.6 Å². The third-order valence-corrected chi connectivity index (χ3v) is 7.61. The van der Waals surface area contributed by atoms with Gasteiger partial charge in [-0.05, 0) is 68.4 Å². The van der Waals surface area contributed by atoms with Crippen LogP contribution in [0.25, 0.3) is 11.2 Å². The van der Waals surface area contributed by atoms with E-state index in [0.717, 1.165) is 30.5 Å². The molecule has 2 unspecified atom stereocenters. The number of hydrogen-bond acceptors (Lipinski definition) is 7. The summed E-state index contributed by atoms with van der Waals surface area (Å²) in [6.45, 7) is 2.34. The van der Waals surface area contributed by atoms with Gasteiger partial charge in [0.15, 0.2) is 16.9 Å².